The van der Waals surface area contributed by atoms with Crippen LogP contribution in [0.3, 0.4) is 0 Å². The first kappa shape index (κ1) is 15.2. The van der Waals surface area contributed by atoms with Crippen LogP contribution in [0.2, 0.25) is 0 Å². The number of hydrogen-bond donors (Lipinski definition) is 2. The van der Waals surface area contributed by atoms with Crippen LogP contribution in [0.5, 0.6) is 0 Å². The SMILES string of the molecule is CC(C)NCCCN(O)C(=O)OC(C)(C)C. The number of amides is 1. The lowest BCUT2D eigenvalue weighted by atomic mass is 10.2. The lowest BCUT2D eigenvalue weighted by molar-refractivity contribution is -0.0940. The topological polar surface area (TPSA) is 61.8 Å². The van der Waals surface area contributed by atoms with Crippen LogP contribution >= 0.6 is 0 Å². The van der Waals surface area contributed by atoms with E-state index in [0.717, 1.165) is 6.54 Å². The normalized spacial score (nSPS) is 11.7. The maximum atomic E-state index is 11.3. The van der Waals surface area contributed by atoms with Crippen LogP contribution in [0, 0.1) is 0 Å². The van der Waals surface area contributed by atoms with Crippen molar-refractivity contribution in [2.45, 2.75) is 52.7 Å². The van der Waals surface area contributed by atoms with Crippen LogP contribution in [-0.4, -0.2) is 41.1 Å². The fourth-order valence-electron chi connectivity index (χ4n) is 1.03. The van der Waals surface area contributed by atoms with Crippen LogP contribution in [-0.2, 0) is 4.74 Å². The summed E-state index contributed by atoms with van der Waals surface area (Å²) in [5.74, 6) is 0. The third-order valence-corrected chi connectivity index (χ3v) is 1.70. The maximum Gasteiger partial charge on any atom is 0.434 e. The first-order valence-electron chi connectivity index (χ1n) is 5.65. The highest BCUT2D eigenvalue weighted by Crippen LogP contribution is 2.08. The van der Waals surface area contributed by atoms with Crippen LogP contribution in [0.4, 0.5) is 4.79 Å². The lowest BCUT2D eigenvalue weighted by Gasteiger charge is -2.23. The molecule has 0 rings (SSSR count). The van der Waals surface area contributed by atoms with Gasteiger partial charge in [0.05, 0.1) is 6.54 Å². The van der Waals surface area contributed by atoms with Crippen LogP contribution < -0.4 is 5.32 Å². The minimum atomic E-state index is -0.697. The number of ether oxygens (including phenoxy) is 1. The molecule has 0 fully saturated rings. The van der Waals surface area contributed by atoms with Crippen molar-refractivity contribution in [1.82, 2.24) is 10.4 Å². The van der Waals surface area contributed by atoms with Crippen molar-refractivity contribution in [1.29, 1.82) is 0 Å². The minimum absolute atomic E-state index is 0.272. The van der Waals surface area contributed by atoms with Crippen molar-refractivity contribution in [2.24, 2.45) is 0 Å². The molecular formula is C11H24N2O3. The van der Waals surface area contributed by atoms with Gasteiger partial charge in [0.1, 0.15) is 5.60 Å². The standard InChI is InChI=1S/C11H24N2O3/c1-9(2)12-7-6-8-13(15)10(14)16-11(3,4)5/h9,12,15H,6-8H2,1-5H3. The quantitative estimate of drug-likeness (QED) is 0.432. The van der Waals surface area contributed by atoms with Gasteiger partial charge in [-0.15, -0.1) is 0 Å². The van der Waals surface area contributed by atoms with E-state index >= 15 is 0 Å². The Morgan fingerprint density at radius 1 is 1.44 bits per heavy atom. The minimum Gasteiger partial charge on any atom is -0.442 e. The molecule has 0 atom stereocenters. The van der Waals surface area contributed by atoms with Crippen molar-refractivity contribution in [3.63, 3.8) is 0 Å². The Kier molecular flexibility index (Phi) is 6.36. The van der Waals surface area contributed by atoms with Crippen molar-refractivity contribution in [3.8, 4) is 0 Å². The highest BCUT2D eigenvalue weighted by Gasteiger charge is 2.20. The summed E-state index contributed by atoms with van der Waals surface area (Å²) in [4.78, 5) is 11.3. The van der Waals surface area contributed by atoms with E-state index in [1.165, 1.54) is 0 Å². The summed E-state index contributed by atoms with van der Waals surface area (Å²) in [6.07, 6.45) is -0.00876. The van der Waals surface area contributed by atoms with E-state index < -0.39 is 11.7 Å². The fraction of sp³-hybridized carbons (Fsp3) is 0.909. The third-order valence-electron chi connectivity index (χ3n) is 1.70. The molecule has 0 saturated carbocycles. The molecule has 5 heteroatoms. The second-order valence-electron chi connectivity index (χ2n) is 5.07. The second-order valence-corrected chi connectivity index (χ2v) is 5.07. The number of nitrogens with zero attached hydrogens (tertiary/aromatic N) is 1. The zero-order chi connectivity index (χ0) is 12.8. The number of hydroxylamine groups is 2. The van der Waals surface area contributed by atoms with E-state index in [1.54, 1.807) is 20.8 Å². The molecule has 0 aliphatic heterocycles. The van der Waals surface area contributed by atoms with Gasteiger partial charge < -0.3 is 10.1 Å². The number of carbonyl (C=O) groups is 1. The highest BCUT2D eigenvalue weighted by atomic mass is 16.6. The van der Waals surface area contributed by atoms with Gasteiger partial charge in [0.25, 0.3) is 0 Å². The van der Waals surface area contributed by atoms with Gasteiger partial charge in [-0.3, -0.25) is 5.21 Å². The Labute approximate surface area is 97.7 Å². The summed E-state index contributed by atoms with van der Waals surface area (Å²) in [6.45, 7) is 10.4. The summed E-state index contributed by atoms with van der Waals surface area (Å²) in [5.41, 5.74) is -0.575. The predicted octanol–water partition coefficient (Wildman–Crippen LogP) is 2.00. The Bertz CT molecular complexity index is 212. The van der Waals surface area contributed by atoms with Gasteiger partial charge in [0.15, 0.2) is 0 Å². The molecular weight excluding hydrogens is 208 g/mol. The van der Waals surface area contributed by atoms with Crippen LogP contribution in [0.25, 0.3) is 0 Å². The van der Waals surface area contributed by atoms with Gasteiger partial charge in [0, 0.05) is 6.04 Å². The van der Waals surface area contributed by atoms with Crippen LogP contribution in [0.1, 0.15) is 41.0 Å². The number of carbonyl (C=O) groups excluding carboxylic acids is 1. The Morgan fingerprint density at radius 2 is 2.00 bits per heavy atom. The molecule has 0 unspecified atom stereocenters. The van der Waals surface area contributed by atoms with E-state index in [0.29, 0.717) is 17.5 Å². The average Bonchev–Trinajstić information content (AvgIpc) is 2.08. The molecule has 0 bridgehead atoms. The predicted molar refractivity (Wildman–Crippen MR) is 62.5 cm³/mol. The van der Waals surface area contributed by atoms with Gasteiger partial charge in [-0.05, 0) is 33.7 Å². The van der Waals surface area contributed by atoms with Crippen molar-refractivity contribution in [2.75, 3.05) is 13.1 Å². The van der Waals surface area contributed by atoms with Gasteiger partial charge in [-0.1, -0.05) is 13.8 Å². The monoisotopic (exact) mass is 232 g/mol. The molecule has 0 aromatic heterocycles. The molecule has 0 aliphatic rings. The zero-order valence-corrected chi connectivity index (χ0v) is 10.9. The summed E-state index contributed by atoms with van der Waals surface area (Å²) < 4.78 is 4.99. The molecule has 16 heavy (non-hydrogen) atoms. The molecule has 0 saturated heterocycles. The number of rotatable bonds is 5. The van der Waals surface area contributed by atoms with Crippen LogP contribution in [0.15, 0.2) is 0 Å². The molecule has 0 heterocycles. The first-order valence-corrected chi connectivity index (χ1v) is 5.65. The molecule has 0 aromatic carbocycles. The van der Waals surface area contributed by atoms with Gasteiger partial charge in [-0.2, -0.15) is 5.06 Å². The summed E-state index contributed by atoms with van der Waals surface area (Å²) in [6, 6.07) is 0.411. The highest BCUT2D eigenvalue weighted by molar-refractivity contribution is 5.66. The van der Waals surface area contributed by atoms with E-state index in [2.05, 4.69) is 5.32 Å². The maximum absolute atomic E-state index is 11.3. The Morgan fingerprint density at radius 3 is 2.44 bits per heavy atom. The fourth-order valence-corrected chi connectivity index (χ4v) is 1.03. The zero-order valence-electron chi connectivity index (χ0n) is 10.9. The smallest absolute Gasteiger partial charge is 0.434 e. The molecule has 0 spiro atoms. The third kappa shape index (κ3) is 8.49. The molecule has 1 amide bonds. The largest absolute Gasteiger partial charge is 0.442 e. The molecule has 2 N–H and O–H groups in total. The van der Waals surface area contributed by atoms with E-state index in [4.69, 9.17) is 4.74 Å². The Hall–Kier alpha value is -0.810. The van der Waals surface area contributed by atoms with E-state index in [9.17, 15) is 10.0 Å². The van der Waals surface area contributed by atoms with Gasteiger partial charge in [0.2, 0.25) is 0 Å². The lowest BCUT2D eigenvalue weighted by Crippen LogP contribution is -2.36. The molecule has 5 nitrogen and oxygen atoms in total. The summed E-state index contributed by atoms with van der Waals surface area (Å²) in [7, 11) is 0. The average molecular weight is 232 g/mol. The van der Waals surface area contributed by atoms with E-state index in [1.807, 2.05) is 13.8 Å². The Balaban J connectivity index is 3.72. The van der Waals surface area contributed by atoms with Crippen molar-refractivity contribution >= 4 is 6.09 Å². The second kappa shape index (κ2) is 6.70. The van der Waals surface area contributed by atoms with Crippen molar-refractivity contribution in [3.05, 3.63) is 0 Å². The van der Waals surface area contributed by atoms with E-state index in [-0.39, 0.29) is 6.54 Å². The van der Waals surface area contributed by atoms with Gasteiger partial charge in [-0.25, -0.2) is 4.79 Å². The number of nitrogens with one attached hydrogen (secondary N) is 1. The van der Waals surface area contributed by atoms with Gasteiger partial charge >= 0.3 is 6.09 Å². The molecule has 0 aromatic rings. The number of hydrogen-bond acceptors (Lipinski definition) is 4. The molecule has 96 valence electrons. The summed E-state index contributed by atoms with van der Waals surface area (Å²) in [5, 5.41) is 13.2. The van der Waals surface area contributed by atoms with Crippen molar-refractivity contribution < 1.29 is 14.7 Å². The molecule has 0 aliphatic carbocycles. The summed E-state index contributed by atoms with van der Waals surface area (Å²) >= 11 is 0. The molecule has 0 radical (unpaired) electrons. The first-order chi connectivity index (χ1) is 7.22.